The van der Waals surface area contributed by atoms with Crippen LogP contribution in [0, 0.1) is 0 Å². The van der Waals surface area contributed by atoms with Gasteiger partial charge in [-0.2, -0.15) is 0 Å². The molecule has 0 saturated heterocycles. The van der Waals surface area contributed by atoms with Gasteiger partial charge in [-0.3, -0.25) is 0 Å². The fourth-order valence-corrected chi connectivity index (χ4v) is 1.73. The first-order valence-electron chi connectivity index (χ1n) is 6.05. The van der Waals surface area contributed by atoms with Crippen LogP contribution in [0.3, 0.4) is 0 Å². The Morgan fingerprint density at radius 2 is 2.00 bits per heavy atom. The Balaban J connectivity index is 2.52. The number of unbranched alkanes of at least 4 members (excludes halogenated alkanes) is 1. The van der Waals surface area contributed by atoms with Crippen LogP contribution < -0.4 is 4.74 Å². The number of ether oxygens (including phenoxy) is 1. The van der Waals surface area contributed by atoms with E-state index in [9.17, 15) is 13.2 Å². The summed E-state index contributed by atoms with van der Waals surface area (Å²) >= 11 is 0. The molecule has 0 amide bonds. The number of nitrogens with zero attached hydrogens (tertiary/aromatic N) is 1. The monoisotopic (exact) mass is 277 g/mol. The molecule has 1 aromatic rings. The standard InChI is InChI=1S/C13H18F3NO2/c1-17(7-2-3-8-18)10-11-5-4-6-12(9-11)19-13(14,15)16/h4-6,9,18H,2-3,7-8,10H2,1H3. The van der Waals surface area contributed by atoms with Crippen molar-refractivity contribution in [2.75, 3.05) is 20.2 Å². The first kappa shape index (κ1) is 15.8. The van der Waals surface area contributed by atoms with Gasteiger partial charge in [-0.1, -0.05) is 12.1 Å². The largest absolute Gasteiger partial charge is 0.573 e. The minimum absolute atomic E-state index is 0.156. The third kappa shape index (κ3) is 7.03. The molecular weight excluding hydrogens is 259 g/mol. The van der Waals surface area contributed by atoms with Crippen molar-refractivity contribution in [2.45, 2.75) is 25.7 Å². The quantitative estimate of drug-likeness (QED) is 0.778. The molecule has 0 spiro atoms. The Kier molecular flexibility index (Phi) is 6.11. The molecule has 1 N–H and O–H groups in total. The Bertz CT molecular complexity index is 382. The van der Waals surface area contributed by atoms with E-state index in [1.54, 1.807) is 6.07 Å². The number of halogens is 3. The predicted octanol–water partition coefficient (Wildman–Crippen LogP) is 2.79. The van der Waals surface area contributed by atoms with Crippen molar-refractivity contribution < 1.29 is 23.0 Å². The van der Waals surface area contributed by atoms with Crippen LogP contribution in [-0.4, -0.2) is 36.6 Å². The van der Waals surface area contributed by atoms with E-state index in [2.05, 4.69) is 4.74 Å². The molecule has 0 aromatic heterocycles. The molecule has 0 radical (unpaired) electrons. The van der Waals surface area contributed by atoms with Crippen LogP contribution in [0.15, 0.2) is 24.3 Å². The van der Waals surface area contributed by atoms with Crippen molar-refractivity contribution >= 4 is 0 Å². The SMILES string of the molecule is CN(CCCCO)Cc1cccc(OC(F)(F)F)c1. The fraction of sp³-hybridized carbons (Fsp3) is 0.538. The second-order valence-electron chi connectivity index (χ2n) is 4.36. The highest BCUT2D eigenvalue weighted by Crippen LogP contribution is 2.23. The molecule has 0 heterocycles. The molecule has 1 aromatic carbocycles. The molecule has 6 heteroatoms. The predicted molar refractivity (Wildman–Crippen MR) is 65.8 cm³/mol. The zero-order chi connectivity index (χ0) is 14.3. The minimum Gasteiger partial charge on any atom is -0.406 e. The van der Waals surface area contributed by atoms with Crippen molar-refractivity contribution in [3.05, 3.63) is 29.8 Å². The van der Waals surface area contributed by atoms with Crippen LogP contribution in [0.5, 0.6) is 5.75 Å². The van der Waals surface area contributed by atoms with Gasteiger partial charge in [0.1, 0.15) is 5.75 Å². The summed E-state index contributed by atoms with van der Waals surface area (Å²) in [6.45, 7) is 1.48. The highest BCUT2D eigenvalue weighted by molar-refractivity contribution is 5.28. The maximum Gasteiger partial charge on any atom is 0.573 e. The molecule has 0 saturated carbocycles. The summed E-state index contributed by atoms with van der Waals surface area (Å²) in [6, 6.07) is 5.96. The van der Waals surface area contributed by atoms with Gasteiger partial charge in [0.25, 0.3) is 0 Å². The lowest BCUT2D eigenvalue weighted by Gasteiger charge is -2.17. The van der Waals surface area contributed by atoms with Crippen molar-refractivity contribution in [3.8, 4) is 5.75 Å². The van der Waals surface area contributed by atoms with Gasteiger partial charge in [-0.25, -0.2) is 0 Å². The van der Waals surface area contributed by atoms with Crippen molar-refractivity contribution in [1.82, 2.24) is 4.90 Å². The minimum atomic E-state index is -4.66. The van der Waals surface area contributed by atoms with Gasteiger partial charge in [0, 0.05) is 13.2 Å². The van der Waals surface area contributed by atoms with Crippen LogP contribution in [0.1, 0.15) is 18.4 Å². The lowest BCUT2D eigenvalue weighted by molar-refractivity contribution is -0.274. The number of benzene rings is 1. The molecule has 0 aliphatic heterocycles. The van der Waals surface area contributed by atoms with Crippen LogP contribution >= 0.6 is 0 Å². The number of rotatable bonds is 7. The van der Waals surface area contributed by atoms with E-state index in [4.69, 9.17) is 5.11 Å². The molecule has 0 aliphatic carbocycles. The first-order chi connectivity index (χ1) is 8.90. The molecule has 0 unspecified atom stereocenters. The average molecular weight is 277 g/mol. The van der Waals surface area contributed by atoms with E-state index in [0.29, 0.717) is 6.54 Å². The number of aliphatic hydroxyl groups excluding tert-OH is 1. The summed E-state index contributed by atoms with van der Waals surface area (Å²) in [6.07, 6.45) is -3.08. The Labute approximate surface area is 110 Å². The van der Waals surface area contributed by atoms with Crippen LogP contribution in [-0.2, 0) is 6.54 Å². The highest BCUT2D eigenvalue weighted by atomic mass is 19.4. The number of aliphatic hydroxyl groups is 1. The number of hydrogen-bond acceptors (Lipinski definition) is 3. The highest BCUT2D eigenvalue weighted by Gasteiger charge is 2.31. The summed E-state index contributed by atoms with van der Waals surface area (Å²) in [5, 5.41) is 8.67. The summed E-state index contributed by atoms with van der Waals surface area (Å²) in [7, 11) is 1.88. The summed E-state index contributed by atoms with van der Waals surface area (Å²) < 4.78 is 40.1. The van der Waals surface area contributed by atoms with Gasteiger partial charge in [0.2, 0.25) is 0 Å². The Morgan fingerprint density at radius 3 is 2.63 bits per heavy atom. The van der Waals surface area contributed by atoms with E-state index < -0.39 is 6.36 Å². The van der Waals surface area contributed by atoms with Crippen molar-refractivity contribution in [2.24, 2.45) is 0 Å². The Morgan fingerprint density at radius 1 is 1.26 bits per heavy atom. The molecule has 3 nitrogen and oxygen atoms in total. The average Bonchev–Trinajstić information content (AvgIpc) is 2.27. The molecule has 0 atom stereocenters. The molecular formula is C13H18F3NO2. The lowest BCUT2D eigenvalue weighted by atomic mass is 10.2. The molecule has 19 heavy (non-hydrogen) atoms. The smallest absolute Gasteiger partial charge is 0.406 e. The molecule has 0 fully saturated rings. The molecule has 0 aliphatic rings. The van der Waals surface area contributed by atoms with Gasteiger partial charge in [-0.05, 0) is 44.1 Å². The zero-order valence-electron chi connectivity index (χ0n) is 10.8. The maximum atomic E-state index is 12.1. The second-order valence-corrected chi connectivity index (χ2v) is 4.36. The fourth-order valence-electron chi connectivity index (χ4n) is 1.73. The number of alkyl halides is 3. The van der Waals surface area contributed by atoms with Crippen LogP contribution in [0.4, 0.5) is 13.2 Å². The van der Waals surface area contributed by atoms with Crippen molar-refractivity contribution in [1.29, 1.82) is 0 Å². The van der Waals surface area contributed by atoms with Crippen LogP contribution in [0.25, 0.3) is 0 Å². The van der Waals surface area contributed by atoms with E-state index in [1.807, 2.05) is 11.9 Å². The normalized spacial score (nSPS) is 11.9. The van der Waals surface area contributed by atoms with E-state index in [0.717, 1.165) is 24.9 Å². The van der Waals surface area contributed by atoms with Gasteiger partial charge in [0.05, 0.1) is 0 Å². The Hall–Kier alpha value is -1.27. The molecule has 0 bridgehead atoms. The summed E-state index contributed by atoms with van der Waals surface area (Å²) in [4.78, 5) is 1.99. The van der Waals surface area contributed by atoms with E-state index >= 15 is 0 Å². The zero-order valence-corrected chi connectivity index (χ0v) is 10.8. The maximum absolute atomic E-state index is 12.1. The topological polar surface area (TPSA) is 32.7 Å². The summed E-state index contributed by atoms with van der Waals surface area (Å²) in [5.41, 5.74) is 0.758. The van der Waals surface area contributed by atoms with E-state index in [-0.39, 0.29) is 12.4 Å². The van der Waals surface area contributed by atoms with Gasteiger partial charge < -0.3 is 14.7 Å². The second kappa shape index (κ2) is 7.35. The first-order valence-corrected chi connectivity index (χ1v) is 6.05. The van der Waals surface area contributed by atoms with Gasteiger partial charge in [-0.15, -0.1) is 13.2 Å². The number of hydrogen-bond donors (Lipinski definition) is 1. The third-order valence-electron chi connectivity index (χ3n) is 2.53. The van der Waals surface area contributed by atoms with Gasteiger partial charge >= 0.3 is 6.36 Å². The van der Waals surface area contributed by atoms with E-state index in [1.165, 1.54) is 18.2 Å². The molecule has 108 valence electrons. The third-order valence-corrected chi connectivity index (χ3v) is 2.53. The summed E-state index contributed by atoms with van der Waals surface area (Å²) in [5.74, 6) is -0.200. The van der Waals surface area contributed by atoms with Crippen molar-refractivity contribution in [3.63, 3.8) is 0 Å². The molecule has 1 rings (SSSR count). The van der Waals surface area contributed by atoms with Gasteiger partial charge in [0.15, 0.2) is 0 Å². The van der Waals surface area contributed by atoms with Crippen LogP contribution in [0.2, 0.25) is 0 Å². The lowest BCUT2D eigenvalue weighted by Crippen LogP contribution is -2.20.